The van der Waals surface area contributed by atoms with Crippen LogP contribution in [-0.2, 0) is 11.3 Å². The summed E-state index contributed by atoms with van der Waals surface area (Å²) in [7, 11) is 0. The van der Waals surface area contributed by atoms with Crippen LogP contribution in [-0.4, -0.2) is 39.9 Å². The standard InChI is InChI=1S/C24H26N2O4S/c1-3-29-18-12-10-17(11-13-18)22(27)16(2)31-24-25-21-9-5-4-8-20(21)23(28)26(24)15-19-7-6-14-30-19/h4-5,8-13,16,19H,3,6-7,14-15H2,1-2H3/t16-,19+/m0/s1. The molecule has 3 aromatic rings. The molecule has 1 aliphatic rings. The zero-order chi connectivity index (χ0) is 21.8. The molecule has 0 N–H and O–H groups in total. The van der Waals surface area contributed by atoms with Crippen LogP contribution in [0.15, 0.2) is 58.5 Å². The molecule has 1 aromatic heterocycles. The van der Waals surface area contributed by atoms with Gasteiger partial charge in [-0.2, -0.15) is 0 Å². The predicted octanol–water partition coefficient (Wildman–Crippen LogP) is 4.34. The first-order valence-corrected chi connectivity index (χ1v) is 11.5. The summed E-state index contributed by atoms with van der Waals surface area (Å²) in [6.07, 6.45) is 1.91. The minimum absolute atomic E-state index is 0.00266. The maximum Gasteiger partial charge on any atom is 0.262 e. The second-order valence-corrected chi connectivity index (χ2v) is 8.85. The Morgan fingerprint density at radius 3 is 2.74 bits per heavy atom. The van der Waals surface area contributed by atoms with Crippen LogP contribution in [0, 0.1) is 0 Å². The van der Waals surface area contributed by atoms with E-state index in [9.17, 15) is 9.59 Å². The Morgan fingerprint density at radius 2 is 2.03 bits per heavy atom. The topological polar surface area (TPSA) is 70.4 Å². The Hall–Kier alpha value is -2.64. The Bertz CT molecular complexity index is 1120. The number of carbonyl (C=O) groups excluding carboxylic acids is 1. The van der Waals surface area contributed by atoms with Crippen molar-refractivity contribution in [3.8, 4) is 5.75 Å². The van der Waals surface area contributed by atoms with E-state index in [2.05, 4.69) is 0 Å². The lowest BCUT2D eigenvalue weighted by Crippen LogP contribution is -2.29. The highest BCUT2D eigenvalue weighted by molar-refractivity contribution is 8.00. The first-order valence-electron chi connectivity index (χ1n) is 10.6. The fraction of sp³-hybridized carbons (Fsp3) is 0.375. The number of Topliss-reactive ketones (excluding diaryl/α,β-unsaturated/α-hetero) is 1. The minimum Gasteiger partial charge on any atom is -0.494 e. The summed E-state index contributed by atoms with van der Waals surface area (Å²) >= 11 is 1.32. The summed E-state index contributed by atoms with van der Waals surface area (Å²) in [5.74, 6) is 0.722. The number of rotatable bonds is 8. The maximum atomic E-state index is 13.2. The molecule has 6 nitrogen and oxygen atoms in total. The average molecular weight is 439 g/mol. The van der Waals surface area contributed by atoms with Gasteiger partial charge >= 0.3 is 0 Å². The summed E-state index contributed by atoms with van der Waals surface area (Å²) in [6.45, 7) is 5.51. The zero-order valence-corrected chi connectivity index (χ0v) is 18.6. The van der Waals surface area contributed by atoms with Gasteiger partial charge in [-0.05, 0) is 63.1 Å². The molecule has 4 rings (SSSR count). The highest BCUT2D eigenvalue weighted by atomic mass is 32.2. The number of fused-ring (bicyclic) bond motifs is 1. The van der Waals surface area contributed by atoms with Gasteiger partial charge in [-0.1, -0.05) is 23.9 Å². The molecule has 0 saturated carbocycles. The average Bonchev–Trinajstić information content (AvgIpc) is 3.30. The van der Waals surface area contributed by atoms with Gasteiger partial charge in [0.1, 0.15) is 5.75 Å². The molecule has 0 aliphatic carbocycles. The van der Waals surface area contributed by atoms with Crippen LogP contribution in [0.1, 0.15) is 37.0 Å². The van der Waals surface area contributed by atoms with E-state index in [1.807, 2.05) is 32.0 Å². The number of carbonyl (C=O) groups is 1. The van der Waals surface area contributed by atoms with Gasteiger partial charge in [0, 0.05) is 12.2 Å². The van der Waals surface area contributed by atoms with E-state index in [0.717, 1.165) is 25.2 Å². The molecule has 1 fully saturated rings. The number of nitrogens with zero attached hydrogens (tertiary/aromatic N) is 2. The van der Waals surface area contributed by atoms with Crippen molar-refractivity contribution in [3.05, 3.63) is 64.4 Å². The number of aromatic nitrogens is 2. The second kappa shape index (κ2) is 9.66. The molecular formula is C24H26N2O4S. The van der Waals surface area contributed by atoms with Crippen molar-refractivity contribution in [2.75, 3.05) is 13.2 Å². The molecule has 7 heteroatoms. The normalized spacial score (nSPS) is 17.0. The predicted molar refractivity (Wildman–Crippen MR) is 122 cm³/mol. The molecule has 0 radical (unpaired) electrons. The number of thioether (sulfide) groups is 1. The number of para-hydroxylation sites is 1. The van der Waals surface area contributed by atoms with Crippen molar-refractivity contribution >= 4 is 28.4 Å². The SMILES string of the molecule is CCOc1ccc(C(=O)[C@H](C)Sc2nc3ccccc3c(=O)n2C[C@H]2CCCO2)cc1. The van der Waals surface area contributed by atoms with E-state index in [1.54, 1.807) is 34.9 Å². The van der Waals surface area contributed by atoms with E-state index >= 15 is 0 Å². The monoisotopic (exact) mass is 438 g/mol. The molecule has 162 valence electrons. The van der Waals surface area contributed by atoms with Crippen LogP contribution >= 0.6 is 11.8 Å². The Balaban J connectivity index is 1.62. The van der Waals surface area contributed by atoms with Crippen LogP contribution in [0.5, 0.6) is 5.75 Å². The molecule has 2 heterocycles. The summed E-state index contributed by atoms with van der Waals surface area (Å²) in [5.41, 5.74) is 1.15. The Kier molecular flexibility index (Phi) is 6.73. The van der Waals surface area contributed by atoms with Gasteiger partial charge in [0.2, 0.25) is 0 Å². The van der Waals surface area contributed by atoms with Crippen molar-refractivity contribution in [1.82, 2.24) is 9.55 Å². The van der Waals surface area contributed by atoms with Gasteiger partial charge in [-0.3, -0.25) is 14.2 Å². The van der Waals surface area contributed by atoms with Gasteiger partial charge in [-0.25, -0.2) is 4.98 Å². The summed E-state index contributed by atoms with van der Waals surface area (Å²) < 4.78 is 12.9. The number of hydrogen-bond acceptors (Lipinski definition) is 6. The summed E-state index contributed by atoms with van der Waals surface area (Å²) in [5, 5.41) is 0.725. The van der Waals surface area contributed by atoms with Crippen molar-refractivity contribution in [1.29, 1.82) is 0 Å². The van der Waals surface area contributed by atoms with Crippen molar-refractivity contribution < 1.29 is 14.3 Å². The van der Waals surface area contributed by atoms with Gasteiger partial charge < -0.3 is 9.47 Å². The van der Waals surface area contributed by atoms with Crippen molar-refractivity contribution in [2.24, 2.45) is 0 Å². The minimum atomic E-state index is -0.401. The fourth-order valence-electron chi connectivity index (χ4n) is 3.72. The first-order chi connectivity index (χ1) is 15.1. The Labute approximate surface area is 185 Å². The van der Waals surface area contributed by atoms with Gasteiger partial charge in [-0.15, -0.1) is 0 Å². The number of hydrogen-bond donors (Lipinski definition) is 0. The molecule has 0 bridgehead atoms. The van der Waals surface area contributed by atoms with Crippen LogP contribution in [0.3, 0.4) is 0 Å². The molecule has 0 spiro atoms. The van der Waals surface area contributed by atoms with Crippen LogP contribution in [0.2, 0.25) is 0 Å². The highest BCUT2D eigenvalue weighted by Crippen LogP contribution is 2.27. The third-order valence-corrected chi connectivity index (χ3v) is 6.43. The smallest absolute Gasteiger partial charge is 0.262 e. The molecule has 1 saturated heterocycles. The third-order valence-electron chi connectivity index (χ3n) is 5.34. The Morgan fingerprint density at radius 1 is 1.26 bits per heavy atom. The fourth-order valence-corrected chi connectivity index (χ4v) is 4.71. The third kappa shape index (κ3) is 4.83. The lowest BCUT2D eigenvalue weighted by atomic mass is 10.1. The lowest BCUT2D eigenvalue weighted by molar-refractivity contribution is 0.0937. The number of ketones is 1. The van der Waals surface area contributed by atoms with E-state index in [0.29, 0.717) is 34.8 Å². The van der Waals surface area contributed by atoms with Crippen molar-refractivity contribution in [3.63, 3.8) is 0 Å². The van der Waals surface area contributed by atoms with Crippen LogP contribution < -0.4 is 10.3 Å². The van der Waals surface area contributed by atoms with Crippen LogP contribution in [0.25, 0.3) is 10.9 Å². The molecule has 0 unspecified atom stereocenters. The van der Waals surface area contributed by atoms with Crippen molar-refractivity contribution in [2.45, 2.75) is 49.7 Å². The van der Waals surface area contributed by atoms with Crippen LogP contribution in [0.4, 0.5) is 0 Å². The zero-order valence-electron chi connectivity index (χ0n) is 17.7. The molecule has 0 amide bonds. The van der Waals surface area contributed by atoms with Gasteiger partial charge in [0.25, 0.3) is 5.56 Å². The summed E-state index contributed by atoms with van der Waals surface area (Å²) in [4.78, 5) is 31.0. The number of ether oxygens (including phenoxy) is 2. The van der Waals surface area contributed by atoms with E-state index in [4.69, 9.17) is 14.5 Å². The second-order valence-electron chi connectivity index (χ2n) is 7.54. The summed E-state index contributed by atoms with van der Waals surface area (Å²) in [6, 6.07) is 14.5. The molecular weight excluding hydrogens is 412 g/mol. The van der Waals surface area contributed by atoms with Gasteiger partial charge in [0.15, 0.2) is 10.9 Å². The van der Waals surface area contributed by atoms with Gasteiger partial charge in [0.05, 0.1) is 35.4 Å². The lowest BCUT2D eigenvalue weighted by Gasteiger charge is -2.18. The van der Waals surface area contributed by atoms with E-state index in [1.165, 1.54) is 11.8 Å². The quantitative estimate of drug-likeness (QED) is 0.296. The highest BCUT2D eigenvalue weighted by Gasteiger charge is 2.23. The maximum absolute atomic E-state index is 13.2. The van der Waals surface area contributed by atoms with E-state index < -0.39 is 5.25 Å². The number of benzene rings is 2. The van der Waals surface area contributed by atoms with E-state index in [-0.39, 0.29) is 17.4 Å². The molecule has 1 aliphatic heterocycles. The molecule has 2 aromatic carbocycles. The first kappa shape index (κ1) is 21.6. The molecule has 2 atom stereocenters. The molecule has 31 heavy (non-hydrogen) atoms. The largest absolute Gasteiger partial charge is 0.494 e.